The Morgan fingerprint density at radius 2 is 1.83 bits per heavy atom. The zero-order chi connectivity index (χ0) is 21.3. The molecule has 30 heavy (non-hydrogen) atoms. The van der Waals surface area contributed by atoms with E-state index in [4.69, 9.17) is 9.26 Å². The first-order valence-electron chi connectivity index (χ1n) is 9.70. The van der Waals surface area contributed by atoms with Crippen LogP contribution in [-0.4, -0.2) is 47.1 Å². The van der Waals surface area contributed by atoms with Crippen LogP contribution in [0.2, 0.25) is 0 Å². The molecule has 1 N–H and O–H groups in total. The summed E-state index contributed by atoms with van der Waals surface area (Å²) in [4.78, 5) is 30.6. The van der Waals surface area contributed by atoms with Gasteiger partial charge in [0.1, 0.15) is 5.75 Å². The molecule has 0 bridgehead atoms. The van der Waals surface area contributed by atoms with E-state index < -0.39 is 5.91 Å². The molecular formula is C22H24N4O4. The van der Waals surface area contributed by atoms with Gasteiger partial charge >= 0.3 is 11.8 Å². The van der Waals surface area contributed by atoms with Crippen LogP contribution in [0.25, 0.3) is 0 Å². The Labute approximate surface area is 174 Å². The van der Waals surface area contributed by atoms with E-state index in [0.717, 1.165) is 5.56 Å². The molecule has 0 saturated heterocycles. The zero-order valence-corrected chi connectivity index (χ0v) is 17.0. The number of nitrogens with one attached hydrogen (secondary N) is 1. The quantitative estimate of drug-likeness (QED) is 0.585. The van der Waals surface area contributed by atoms with E-state index in [0.29, 0.717) is 43.3 Å². The van der Waals surface area contributed by atoms with Crippen molar-refractivity contribution < 1.29 is 18.8 Å². The highest BCUT2D eigenvalue weighted by Crippen LogP contribution is 2.19. The van der Waals surface area contributed by atoms with Gasteiger partial charge in [0.25, 0.3) is 5.91 Å². The molecule has 0 spiro atoms. The van der Waals surface area contributed by atoms with Gasteiger partial charge in [-0.2, -0.15) is 4.98 Å². The Kier molecular flexibility index (Phi) is 7.15. The Morgan fingerprint density at radius 3 is 2.60 bits per heavy atom. The summed E-state index contributed by atoms with van der Waals surface area (Å²) in [5, 5.41) is 6.57. The maximum absolute atomic E-state index is 12.7. The maximum Gasteiger partial charge on any atom is 0.315 e. The number of carbonyl (C=O) groups excluding carboxylic acids is 2. The summed E-state index contributed by atoms with van der Waals surface area (Å²) in [5.41, 5.74) is 1.47. The highest BCUT2D eigenvalue weighted by molar-refractivity contribution is 5.96. The molecule has 0 aliphatic heterocycles. The smallest absolute Gasteiger partial charge is 0.315 e. The van der Waals surface area contributed by atoms with Gasteiger partial charge < -0.3 is 19.5 Å². The number of nitrogens with zero attached hydrogens (tertiary/aromatic N) is 3. The van der Waals surface area contributed by atoms with Crippen LogP contribution in [0, 0.1) is 0 Å². The number of hydrogen-bond donors (Lipinski definition) is 1. The summed E-state index contributed by atoms with van der Waals surface area (Å²) in [5.74, 6) is 0.207. The summed E-state index contributed by atoms with van der Waals surface area (Å²) < 4.78 is 10.6. The van der Waals surface area contributed by atoms with E-state index in [1.54, 1.807) is 30.1 Å². The van der Waals surface area contributed by atoms with Crippen LogP contribution in [-0.2, 0) is 13.0 Å². The lowest BCUT2D eigenvalue weighted by atomic mass is 10.1. The number of amides is 2. The van der Waals surface area contributed by atoms with Crippen LogP contribution in [0.3, 0.4) is 0 Å². The van der Waals surface area contributed by atoms with Crippen molar-refractivity contribution in [3.8, 4) is 5.75 Å². The van der Waals surface area contributed by atoms with Gasteiger partial charge in [0.05, 0.1) is 12.2 Å². The number of rotatable bonds is 9. The molecule has 0 atom stereocenters. The first-order chi connectivity index (χ1) is 14.6. The molecule has 2 amide bonds. The van der Waals surface area contributed by atoms with Gasteiger partial charge in [-0.3, -0.25) is 9.59 Å². The normalized spacial score (nSPS) is 10.5. The molecule has 0 aliphatic carbocycles. The maximum atomic E-state index is 12.7. The number of benzene rings is 2. The topological polar surface area (TPSA) is 97.6 Å². The van der Waals surface area contributed by atoms with E-state index in [2.05, 4.69) is 15.5 Å². The van der Waals surface area contributed by atoms with Crippen molar-refractivity contribution in [2.45, 2.75) is 19.9 Å². The first kappa shape index (κ1) is 21.0. The van der Waals surface area contributed by atoms with Crippen LogP contribution in [0.15, 0.2) is 59.1 Å². The molecule has 1 heterocycles. The van der Waals surface area contributed by atoms with Crippen molar-refractivity contribution in [1.82, 2.24) is 20.4 Å². The Morgan fingerprint density at radius 1 is 1.10 bits per heavy atom. The zero-order valence-electron chi connectivity index (χ0n) is 17.0. The van der Waals surface area contributed by atoms with Gasteiger partial charge in [-0.05, 0) is 24.6 Å². The summed E-state index contributed by atoms with van der Waals surface area (Å²) in [6.45, 7) is 3.08. The van der Waals surface area contributed by atoms with Crippen LogP contribution in [0.4, 0.5) is 0 Å². The minimum Gasteiger partial charge on any atom is -0.493 e. The molecule has 3 aromatic rings. The average molecular weight is 408 g/mol. The second-order valence-corrected chi connectivity index (χ2v) is 6.59. The third kappa shape index (κ3) is 5.44. The number of hydrogen-bond acceptors (Lipinski definition) is 6. The fraction of sp³-hybridized carbons (Fsp3) is 0.273. The van der Waals surface area contributed by atoms with Crippen molar-refractivity contribution in [3.05, 3.63) is 77.4 Å². The second kappa shape index (κ2) is 10.2. The largest absolute Gasteiger partial charge is 0.493 e. The van der Waals surface area contributed by atoms with Crippen molar-refractivity contribution in [2.75, 3.05) is 20.2 Å². The molecule has 3 rings (SSSR count). The predicted octanol–water partition coefficient (Wildman–Crippen LogP) is 2.71. The van der Waals surface area contributed by atoms with Gasteiger partial charge in [0.15, 0.2) is 5.82 Å². The van der Waals surface area contributed by atoms with E-state index in [-0.39, 0.29) is 11.8 Å². The molecule has 1 aromatic heterocycles. The third-order valence-corrected chi connectivity index (χ3v) is 4.39. The molecule has 0 saturated carbocycles. The van der Waals surface area contributed by atoms with Crippen molar-refractivity contribution in [2.24, 2.45) is 0 Å². The van der Waals surface area contributed by atoms with Gasteiger partial charge in [-0.15, -0.1) is 0 Å². The number of para-hydroxylation sites is 1. The predicted molar refractivity (Wildman–Crippen MR) is 110 cm³/mol. The van der Waals surface area contributed by atoms with E-state index in [1.165, 1.54) is 0 Å². The van der Waals surface area contributed by atoms with Crippen LogP contribution in [0.5, 0.6) is 5.75 Å². The summed E-state index contributed by atoms with van der Waals surface area (Å²) >= 11 is 0. The standard InChI is InChI=1S/C22H24N4O4/c1-3-29-18-12-8-7-11-17(18)22(28)26(2)14-13-19-24-21(30-25-19)20(27)23-15-16-9-5-4-6-10-16/h4-12H,3,13-15H2,1-2H3,(H,23,27). The van der Waals surface area contributed by atoms with Crippen molar-refractivity contribution in [1.29, 1.82) is 0 Å². The average Bonchev–Trinajstić information content (AvgIpc) is 3.26. The molecule has 0 aliphatic rings. The minimum atomic E-state index is -0.437. The van der Waals surface area contributed by atoms with E-state index >= 15 is 0 Å². The Hall–Kier alpha value is -3.68. The van der Waals surface area contributed by atoms with Crippen molar-refractivity contribution >= 4 is 11.8 Å². The molecule has 8 nitrogen and oxygen atoms in total. The lowest BCUT2D eigenvalue weighted by Crippen LogP contribution is -2.29. The molecule has 0 unspecified atom stereocenters. The number of aromatic nitrogens is 2. The SMILES string of the molecule is CCOc1ccccc1C(=O)N(C)CCc1noc(C(=O)NCc2ccccc2)n1. The van der Waals surface area contributed by atoms with Crippen LogP contribution >= 0.6 is 0 Å². The fourth-order valence-electron chi connectivity index (χ4n) is 2.80. The van der Waals surface area contributed by atoms with Gasteiger partial charge in [0.2, 0.25) is 0 Å². The third-order valence-electron chi connectivity index (χ3n) is 4.39. The van der Waals surface area contributed by atoms with E-state index in [9.17, 15) is 9.59 Å². The van der Waals surface area contributed by atoms with Crippen molar-refractivity contribution in [3.63, 3.8) is 0 Å². The minimum absolute atomic E-state index is 0.100. The Balaban J connectivity index is 1.53. The highest BCUT2D eigenvalue weighted by Gasteiger charge is 2.19. The number of ether oxygens (including phenoxy) is 1. The second-order valence-electron chi connectivity index (χ2n) is 6.59. The van der Waals surface area contributed by atoms with Gasteiger partial charge in [-0.1, -0.05) is 47.6 Å². The van der Waals surface area contributed by atoms with Gasteiger partial charge in [0, 0.05) is 26.6 Å². The Bertz CT molecular complexity index is 988. The summed E-state index contributed by atoms with van der Waals surface area (Å²) in [6, 6.07) is 16.7. The number of carbonyl (C=O) groups is 2. The molecule has 0 fully saturated rings. The van der Waals surface area contributed by atoms with Crippen LogP contribution < -0.4 is 10.1 Å². The molecular weight excluding hydrogens is 384 g/mol. The summed E-state index contributed by atoms with van der Waals surface area (Å²) in [6.07, 6.45) is 0.356. The first-order valence-corrected chi connectivity index (χ1v) is 9.70. The molecule has 156 valence electrons. The fourth-order valence-corrected chi connectivity index (χ4v) is 2.80. The number of likely N-dealkylation sites (N-methyl/N-ethyl adjacent to an activating group) is 1. The summed E-state index contributed by atoms with van der Waals surface area (Å²) in [7, 11) is 1.69. The lowest BCUT2D eigenvalue weighted by Gasteiger charge is -2.18. The molecule has 2 aromatic carbocycles. The molecule has 8 heteroatoms. The van der Waals surface area contributed by atoms with Crippen LogP contribution in [0.1, 0.15) is 39.4 Å². The molecule has 0 radical (unpaired) electrons. The van der Waals surface area contributed by atoms with E-state index in [1.807, 2.05) is 43.3 Å². The highest BCUT2D eigenvalue weighted by atomic mass is 16.5. The lowest BCUT2D eigenvalue weighted by molar-refractivity contribution is 0.0791. The monoisotopic (exact) mass is 408 g/mol. The van der Waals surface area contributed by atoms with Gasteiger partial charge in [-0.25, -0.2) is 0 Å².